The molecule has 1 aromatic carbocycles. The third-order valence-corrected chi connectivity index (χ3v) is 2.68. The second-order valence-electron chi connectivity index (χ2n) is 3.31. The lowest BCUT2D eigenvalue weighted by molar-refractivity contribution is 0.463. The number of ether oxygens (including phenoxy) is 1. The molecule has 0 aliphatic carbocycles. The number of hydrogen-bond donors (Lipinski definition) is 0. The average Bonchev–Trinajstić information content (AvgIpc) is 2.24. The molecule has 0 saturated carbocycles. The Morgan fingerprint density at radius 3 is 2.62 bits per heavy atom. The Morgan fingerprint density at radius 2 is 1.94 bits per heavy atom. The summed E-state index contributed by atoms with van der Waals surface area (Å²) in [7, 11) is 0. The highest BCUT2D eigenvalue weighted by molar-refractivity contribution is 6.31. The molecule has 0 atom stereocenters. The summed E-state index contributed by atoms with van der Waals surface area (Å²) in [5, 5.41) is 1.12. The predicted molar refractivity (Wildman–Crippen MR) is 65.5 cm³/mol. The van der Waals surface area contributed by atoms with E-state index in [1.165, 1.54) is 0 Å². The van der Waals surface area contributed by atoms with Crippen molar-refractivity contribution in [3.63, 3.8) is 0 Å². The molecule has 4 heteroatoms. The summed E-state index contributed by atoms with van der Waals surface area (Å²) in [4.78, 5) is 4.03. The van der Waals surface area contributed by atoms with E-state index in [-0.39, 0.29) is 0 Å². The zero-order valence-corrected chi connectivity index (χ0v) is 10.1. The third kappa shape index (κ3) is 2.65. The molecule has 0 amide bonds. The van der Waals surface area contributed by atoms with E-state index in [0.29, 0.717) is 21.8 Å². The van der Waals surface area contributed by atoms with Crippen molar-refractivity contribution >= 4 is 23.2 Å². The molecule has 2 nitrogen and oxygen atoms in total. The molecule has 1 aromatic heterocycles. The molecule has 0 unspecified atom stereocenters. The molecule has 2 rings (SSSR count). The monoisotopic (exact) mass is 253 g/mol. The third-order valence-electron chi connectivity index (χ3n) is 2.04. The predicted octanol–water partition coefficient (Wildman–Crippen LogP) is 4.49. The molecule has 1 heterocycles. The number of hydrogen-bond acceptors (Lipinski definition) is 2. The van der Waals surface area contributed by atoms with Gasteiger partial charge in [0, 0.05) is 11.1 Å². The van der Waals surface area contributed by atoms with Gasteiger partial charge in [0.2, 0.25) is 5.88 Å². The fraction of sp³-hybridized carbons (Fsp3) is 0.0833. The summed E-state index contributed by atoms with van der Waals surface area (Å²) in [5.41, 5.74) is 0.959. The first-order valence-corrected chi connectivity index (χ1v) is 5.47. The van der Waals surface area contributed by atoms with Crippen molar-refractivity contribution in [3.8, 4) is 11.6 Å². The van der Waals surface area contributed by atoms with Crippen LogP contribution >= 0.6 is 23.2 Å². The van der Waals surface area contributed by atoms with Gasteiger partial charge in [-0.25, -0.2) is 4.98 Å². The second kappa shape index (κ2) is 4.73. The molecule has 0 aliphatic rings. The van der Waals surface area contributed by atoms with E-state index < -0.39 is 0 Å². The Kier molecular flexibility index (Phi) is 3.32. The number of aryl methyl sites for hydroxylation is 1. The van der Waals surface area contributed by atoms with Crippen LogP contribution in [0.3, 0.4) is 0 Å². The van der Waals surface area contributed by atoms with Crippen molar-refractivity contribution in [3.05, 3.63) is 52.1 Å². The summed E-state index contributed by atoms with van der Waals surface area (Å²) >= 11 is 11.7. The summed E-state index contributed by atoms with van der Waals surface area (Å²) in [6.07, 6.45) is 0. The van der Waals surface area contributed by atoms with Crippen LogP contribution in [0.5, 0.6) is 11.6 Å². The highest BCUT2D eigenvalue weighted by atomic mass is 35.5. The second-order valence-corrected chi connectivity index (χ2v) is 4.11. The van der Waals surface area contributed by atoms with Gasteiger partial charge in [0.05, 0.1) is 0 Å². The van der Waals surface area contributed by atoms with Gasteiger partial charge in [-0.2, -0.15) is 0 Å². The Bertz CT molecular complexity index is 514. The average molecular weight is 254 g/mol. The molecule has 0 fully saturated rings. The summed E-state index contributed by atoms with van der Waals surface area (Å²) in [5.74, 6) is 1.16. The van der Waals surface area contributed by atoms with Crippen molar-refractivity contribution < 1.29 is 4.74 Å². The van der Waals surface area contributed by atoms with Gasteiger partial charge in [0.15, 0.2) is 0 Å². The molecule has 0 radical (unpaired) electrons. The Hall–Kier alpha value is -1.25. The minimum atomic E-state index is 0.406. The maximum Gasteiger partial charge on any atom is 0.220 e. The minimum Gasteiger partial charge on any atom is -0.439 e. The van der Waals surface area contributed by atoms with Crippen molar-refractivity contribution in [1.82, 2.24) is 4.98 Å². The van der Waals surface area contributed by atoms with Crippen LogP contribution in [-0.2, 0) is 0 Å². The number of benzene rings is 1. The number of pyridine rings is 1. The van der Waals surface area contributed by atoms with Crippen LogP contribution in [0.1, 0.15) is 5.56 Å². The Balaban J connectivity index is 2.24. The van der Waals surface area contributed by atoms with E-state index in [4.69, 9.17) is 27.9 Å². The molecule has 0 spiro atoms. The molecule has 2 aromatic rings. The van der Waals surface area contributed by atoms with Gasteiger partial charge < -0.3 is 4.74 Å². The van der Waals surface area contributed by atoms with Crippen molar-refractivity contribution in [1.29, 1.82) is 0 Å². The van der Waals surface area contributed by atoms with Crippen LogP contribution < -0.4 is 4.74 Å². The van der Waals surface area contributed by atoms with Crippen LogP contribution in [0.15, 0.2) is 36.4 Å². The molecule has 0 aliphatic heterocycles. The van der Waals surface area contributed by atoms with Crippen LogP contribution in [0.2, 0.25) is 10.2 Å². The van der Waals surface area contributed by atoms with E-state index in [0.717, 1.165) is 5.56 Å². The van der Waals surface area contributed by atoms with Gasteiger partial charge in [0.1, 0.15) is 10.9 Å². The van der Waals surface area contributed by atoms with Gasteiger partial charge in [-0.1, -0.05) is 29.3 Å². The highest BCUT2D eigenvalue weighted by Crippen LogP contribution is 2.25. The lowest BCUT2D eigenvalue weighted by Gasteiger charge is -2.06. The number of aromatic nitrogens is 1. The van der Waals surface area contributed by atoms with Crippen molar-refractivity contribution in [2.75, 3.05) is 0 Å². The van der Waals surface area contributed by atoms with Crippen LogP contribution in [0, 0.1) is 6.92 Å². The first-order valence-electron chi connectivity index (χ1n) is 4.72. The fourth-order valence-electron chi connectivity index (χ4n) is 1.25. The Morgan fingerprint density at radius 1 is 1.12 bits per heavy atom. The zero-order valence-electron chi connectivity index (χ0n) is 8.58. The van der Waals surface area contributed by atoms with Crippen LogP contribution in [-0.4, -0.2) is 4.98 Å². The normalized spacial score (nSPS) is 10.2. The molecular formula is C12H9Cl2NO. The standard InChI is InChI=1S/C12H9Cl2NO/c1-8-7-9(5-6-10(8)13)16-12-4-2-3-11(14)15-12/h2-7H,1H3. The summed E-state index contributed by atoms with van der Waals surface area (Å²) < 4.78 is 5.54. The number of halogens is 2. The Labute approximate surface area is 104 Å². The van der Waals surface area contributed by atoms with Crippen molar-refractivity contribution in [2.45, 2.75) is 6.92 Å². The van der Waals surface area contributed by atoms with E-state index in [1.54, 1.807) is 30.3 Å². The quantitative estimate of drug-likeness (QED) is 0.736. The molecule has 0 saturated heterocycles. The fourth-order valence-corrected chi connectivity index (χ4v) is 1.52. The van der Waals surface area contributed by atoms with Gasteiger partial charge in [0.25, 0.3) is 0 Å². The largest absolute Gasteiger partial charge is 0.439 e. The number of nitrogens with zero attached hydrogens (tertiary/aromatic N) is 1. The molecule has 16 heavy (non-hydrogen) atoms. The first kappa shape index (κ1) is 11.2. The smallest absolute Gasteiger partial charge is 0.220 e. The minimum absolute atomic E-state index is 0.406. The van der Waals surface area contributed by atoms with E-state index in [9.17, 15) is 0 Å². The van der Waals surface area contributed by atoms with E-state index in [1.807, 2.05) is 13.0 Å². The number of rotatable bonds is 2. The van der Waals surface area contributed by atoms with Gasteiger partial charge in [-0.15, -0.1) is 0 Å². The molecule has 82 valence electrons. The molecule has 0 N–H and O–H groups in total. The van der Waals surface area contributed by atoms with Gasteiger partial charge in [-0.05, 0) is 36.8 Å². The summed E-state index contributed by atoms with van der Waals surface area (Å²) in [6.45, 7) is 1.92. The summed E-state index contributed by atoms with van der Waals surface area (Å²) in [6, 6.07) is 10.7. The lowest BCUT2D eigenvalue weighted by atomic mass is 10.2. The van der Waals surface area contributed by atoms with Crippen molar-refractivity contribution in [2.24, 2.45) is 0 Å². The maximum atomic E-state index is 5.92. The lowest BCUT2D eigenvalue weighted by Crippen LogP contribution is -1.88. The van der Waals surface area contributed by atoms with E-state index in [2.05, 4.69) is 4.98 Å². The van der Waals surface area contributed by atoms with Crippen LogP contribution in [0.4, 0.5) is 0 Å². The zero-order chi connectivity index (χ0) is 11.5. The molecule has 0 bridgehead atoms. The van der Waals surface area contributed by atoms with Gasteiger partial charge in [-0.3, -0.25) is 0 Å². The van der Waals surface area contributed by atoms with Gasteiger partial charge >= 0.3 is 0 Å². The molecular weight excluding hydrogens is 245 g/mol. The SMILES string of the molecule is Cc1cc(Oc2cccc(Cl)n2)ccc1Cl. The topological polar surface area (TPSA) is 22.1 Å². The highest BCUT2D eigenvalue weighted by Gasteiger charge is 2.01. The van der Waals surface area contributed by atoms with Crippen LogP contribution in [0.25, 0.3) is 0 Å². The maximum absolute atomic E-state index is 5.92. The first-order chi connectivity index (χ1) is 7.65. The van der Waals surface area contributed by atoms with E-state index >= 15 is 0 Å².